The monoisotopic (exact) mass is 272 g/mol. The second kappa shape index (κ2) is 7.08. The Bertz CT molecular complexity index is 358. The lowest BCUT2D eigenvalue weighted by Gasteiger charge is -2.16. The quantitative estimate of drug-likeness (QED) is 0.571. The zero-order valence-corrected chi connectivity index (χ0v) is 11.2. The third-order valence-corrected chi connectivity index (χ3v) is 3.03. The molecule has 0 aromatic carbocycles. The smallest absolute Gasteiger partial charge is 0.307 e. The van der Waals surface area contributed by atoms with Crippen molar-refractivity contribution in [1.82, 2.24) is 10.2 Å². The Balaban J connectivity index is 2.23. The summed E-state index contributed by atoms with van der Waals surface area (Å²) >= 11 is 0. The van der Waals surface area contributed by atoms with Crippen LogP contribution in [-0.2, 0) is 19.1 Å². The molecule has 2 N–H and O–H groups in total. The molecule has 1 aliphatic rings. The molecule has 0 aromatic rings. The minimum Gasteiger partial charge on any atom is -0.481 e. The highest BCUT2D eigenvalue weighted by molar-refractivity contribution is 5.91. The first-order chi connectivity index (χ1) is 8.97. The van der Waals surface area contributed by atoms with E-state index in [-0.39, 0.29) is 18.4 Å². The molecular formula is C12H20N2O5. The van der Waals surface area contributed by atoms with Crippen LogP contribution in [0.15, 0.2) is 0 Å². The van der Waals surface area contributed by atoms with Gasteiger partial charge in [0.2, 0.25) is 11.8 Å². The minimum atomic E-state index is -0.948. The number of amides is 2. The molecule has 1 aliphatic carbocycles. The summed E-state index contributed by atoms with van der Waals surface area (Å²) in [5.41, 5.74) is 0. The second-order valence-electron chi connectivity index (χ2n) is 4.68. The molecule has 7 nitrogen and oxygen atoms in total. The third-order valence-electron chi connectivity index (χ3n) is 3.03. The Morgan fingerprint density at radius 1 is 1.37 bits per heavy atom. The van der Waals surface area contributed by atoms with E-state index < -0.39 is 17.8 Å². The molecule has 0 unspecified atom stereocenters. The number of carboxylic acid groups (broad SMARTS) is 1. The van der Waals surface area contributed by atoms with Crippen molar-refractivity contribution in [3.8, 4) is 0 Å². The highest BCUT2D eigenvalue weighted by Crippen LogP contribution is 2.39. The van der Waals surface area contributed by atoms with E-state index in [1.807, 2.05) is 0 Å². The molecular weight excluding hydrogens is 252 g/mol. The lowest BCUT2D eigenvalue weighted by molar-refractivity contribution is -0.142. The van der Waals surface area contributed by atoms with Crippen LogP contribution in [-0.4, -0.2) is 61.6 Å². The molecule has 0 radical (unpaired) electrons. The van der Waals surface area contributed by atoms with Crippen LogP contribution in [0.4, 0.5) is 0 Å². The van der Waals surface area contributed by atoms with Gasteiger partial charge < -0.3 is 20.1 Å². The predicted octanol–water partition coefficient (Wildman–Crippen LogP) is -0.682. The van der Waals surface area contributed by atoms with Crippen molar-refractivity contribution >= 4 is 17.8 Å². The molecule has 108 valence electrons. The summed E-state index contributed by atoms with van der Waals surface area (Å²) in [7, 11) is 3.09. The van der Waals surface area contributed by atoms with Crippen LogP contribution in [0.25, 0.3) is 0 Å². The van der Waals surface area contributed by atoms with Crippen LogP contribution >= 0.6 is 0 Å². The van der Waals surface area contributed by atoms with Crippen LogP contribution in [0, 0.1) is 11.8 Å². The largest absolute Gasteiger partial charge is 0.481 e. The van der Waals surface area contributed by atoms with E-state index in [0.29, 0.717) is 26.0 Å². The number of methoxy groups -OCH3 is 1. The number of carboxylic acids is 1. The predicted molar refractivity (Wildman–Crippen MR) is 66.4 cm³/mol. The van der Waals surface area contributed by atoms with Crippen LogP contribution in [0.5, 0.6) is 0 Å². The van der Waals surface area contributed by atoms with Gasteiger partial charge in [0.15, 0.2) is 0 Å². The fourth-order valence-electron chi connectivity index (χ4n) is 1.82. The number of aliphatic carboxylic acids is 1. The molecule has 7 heteroatoms. The van der Waals surface area contributed by atoms with Gasteiger partial charge in [-0.15, -0.1) is 0 Å². The maximum Gasteiger partial charge on any atom is 0.307 e. The summed E-state index contributed by atoms with van der Waals surface area (Å²) in [6.45, 7) is 1.02. The first-order valence-electron chi connectivity index (χ1n) is 6.20. The fourth-order valence-corrected chi connectivity index (χ4v) is 1.82. The average Bonchev–Trinajstić information content (AvgIpc) is 3.13. The number of hydrogen-bond donors (Lipinski definition) is 2. The van der Waals surface area contributed by atoms with Gasteiger partial charge in [-0.3, -0.25) is 14.4 Å². The highest BCUT2D eigenvalue weighted by Gasteiger charge is 2.49. The van der Waals surface area contributed by atoms with Gasteiger partial charge in [-0.1, -0.05) is 0 Å². The van der Waals surface area contributed by atoms with Gasteiger partial charge in [0, 0.05) is 27.3 Å². The van der Waals surface area contributed by atoms with Crippen molar-refractivity contribution in [2.45, 2.75) is 12.8 Å². The van der Waals surface area contributed by atoms with Crippen molar-refractivity contribution in [3.63, 3.8) is 0 Å². The molecule has 1 rings (SSSR count). The minimum absolute atomic E-state index is 0.0470. The molecule has 2 atom stereocenters. The highest BCUT2D eigenvalue weighted by atomic mass is 16.5. The molecule has 19 heavy (non-hydrogen) atoms. The molecule has 0 saturated heterocycles. The molecule has 1 saturated carbocycles. The van der Waals surface area contributed by atoms with E-state index in [4.69, 9.17) is 9.84 Å². The number of carbonyl (C=O) groups excluding carboxylic acids is 2. The maximum atomic E-state index is 11.8. The Morgan fingerprint density at radius 3 is 2.58 bits per heavy atom. The molecule has 1 fully saturated rings. The molecule has 0 bridgehead atoms. The maximum absolute atomic E-state index is 11.8. The molecule has 2 amide bonds. The van der Waals surface area contributed by atoms with Gasteiger partial charge in [-0.05, 0) is 12.8 Å². The van der Waals surface area contributed by atoms with E-state index in [0.717, 1.165) is 0 Å². The van der Waals surface area contributed by atoms with Gasteiger partial charge in [0.05, 0.1) is 18.4 Å². The first-order valence-corrected chi connectivity index (χ1v) is 6.20. The number of likely N-dealkylation sites (N-methyl/N-ethyl adjacent to an activating group) is 1. The van der Waals surface area contributed by atoms with Crippen LogP contribution in [0.2, 0.25) is 0 Å². The van der Waals surface area contributed by atoms with Crippen molar-refractivity contribution in [2.75, 3.05) is 33.9 Å². The topological polar surface area (TPSA) is 95.9 Å². The number of ether oxygens (including phenoxy) is 1. The average molecular weight is 272 g/mol. The van der Waals surface area contributed by atoms with Gasteiger partial charge in [0.25, 0.3) is 0 Å². The Morgan fingerprint density at radius 2 is 2.05 bits per heavy atom. The van der Waals surface area contributed by atoms with Gasteiger partial charge in [-0.2, -0.15) is 0 Å². The standard InChI is InChI=1S/C12H20N2O5/c1-14(7-10(15)13-4-3-5-19-2)11(16)8-6-9(8)12(17)18/h8-9H,3-7H2,1-2H3,(H,13,15)(H,17,18)/t8-,9+/m1/s1. The zero-order valence-electron chi connectivity index (χ0n) is 11.2. The van der Waals surface area contributed by atoms with E-state index in [9.17, 15) is 14.4 Å². The van der Waals surface area contributed by atoms with Gasteiger partial charge in [0.1, 0.15) is 0 Å². The first kappa shape index (κ1) is 15.4. The number of hydrogen-bond acceptors (Lipinski definition) is 4. The van der Waals surface area contributed by atoms with E-state index in [1.165, 1.54) is 11.9 Å². The lowest BCUT2D eigenvalue weighted by atomic mass is 10.3. The number of rotatable bonds is 8. The van der Waals surface area contributed by atoms with Crippen molar-refractivity contribution < 1.29 is 24.2 Å². The summed E-state index contributed by atoms with van der Waals surface area (Å²) in [6, 6.07) is 0. The normalized spacial score (nSPS) is 20.7. The zero-order chi connectivity index (χ0) is 14.4. The van der Waals surface area contributed by atoms with E-state index in [2.05, 4.69) is 5.32 Å². The lowest BCUT2D eigenvalue weighted by Crippen LogP contribution is -2.39. The number of nitrogens with zero attached hydrogens (tertiary/aromatic N) is 1. The van der Waals surface area contributed by atoms with Crippen LogP contribution < -0.4 is 5.32 Å². The molecule has 0 heterocycles. The molecule has 0 spiro atoms. The Labute approximate surface area is 111 Å². The summed E-state index contributed by atoms with van der Waals surface area (Å²) in [4.78, 5) is 35.3. The Kier molecular flexibility index (Phi) is 5.75. The summed E-state index contributed by atoms with van der Waals surface area (Å²) in [6.07, 6.45) is 1.08. The number of carbonyl (C=O) groups is 3. The van der Waals surface area contributed by atoms with Gasteiger partial charge in [-0.25, -0.2) is 0 Å². The molecule has 0 aromatic heterocycles. The van der Waals surface area contributed by atoms with Crippen molar-refractivity contribution in [1.29, 1.82) is 0 Å². The summed E-state index contributed by atoms with van der Waals surface area (Å²) < 4.78 is 4.85. The van der Waals surface area contributed by atoms with Crippen molar-refractivity contribution in [3.05, 3.63) is 0 Å². The van der Waals surface area contributed by atoms with Crippen LogP contribution in [0.3, 0.4) is 0 Å². The fraction of sp³-hybridized carbons (Fsp3) is 0.750. The summed E-state index contributed by atoms with van der Waals surface area (Å²) in [5.74, 6) is -2.53. The molecule has 0 aliphatic heterocycles. The summed E-state index contributed by atoms with van der Waals surface area (Å²) in [5, 5.41) is 11.4. The van der Waals surface area contributed by atoms with Crippen LogP contribution in [0.1, 0.15) is 12.8 Å². The second-order valence-corrected chi connectivity index (χ2v) is 4.68. The van der Waals surface area contributed by atoms with Gasteiger partial charge >= 0.3 is 5.97 Å². The van der Waals surface area contributed by atoms with Crippen molar-refractivity contribution in [2.24, 2.45) is 11.8 Å². The van der Waals surface area contributed by atoms with E-state index in [1.54, 1.807) is 7.11 Å². The Hall–Kier alpha value is -1.63. The van der Waals surface area contributed by atoms with E-state index >= 15 is 0 Å². The number of nitrogens with one attached hydrogen (secondary N) is 1. The SMILES string of the molecule is COCCCNC(=O)CN(C)C(=O)[C@@H]1C[C@@H]1C(=O)O. The third kappa shape index (κ3) is 4.86.